The lowest BCUT2D eigenvalue weighted by Crippen LogP contribution is -2.19. The number of benzene rings is 1. The van der Waals surface area contributed by atoms with Gasteiger partial charge in [-0.05, 0) is 44.5 Å². The summed E-state index contributed by atoms with van der Waals surface area (Å²) in [5, 5.41) is 0. The van der Waals surface area contributed by atoms with Crippen LogP contribution in [0.2, 0.25) is 0 Å². The molecule has 0 fully saturated rings. The van der Waals surface area contributed by atoms with E-state index in [2.05, 4.69) is 20.3 Å². The number of carbonyl (C=O) groups excluding carboxylic acids is 1. The third kappa shape index (κ3) is 4.34. The van der Waals surface area contributed by atoms with Gasteiger partial charge in [-0.3, -0.25) is 4.79 Å². The smallest absolute Gasteiger partial charge is 0.248 e. The number of nitrogens with zero attached hydrogens (tertiary/aromatic N) is 1. The first-order chi connectivity index (χ1) is 8.20. The summed E-state index contributed by atoms with van der Waals surface area (Å²) in [6, 6.07) is 5.01. The lowest BCUT2D eigenvalue weighted by atomic mass is 10.1. The van der Waals surface area contributed by atoms with Crippen molar-refractivity contribution in [2.45, 2.75) is 25.5 Å². The van der Waals surface area contributed by atoms with Crippen LogP contribution in [0.5, 0.6) is 0 Å². The molecule has 0 saturated heterocycles. The van der Waals surface area contributed by atoms with Crippen LogP contribution in [0.1, 0.15) is 36.7 Å². The van der Waals surface area contributed by atoms with Crippen molar-refractivity contribution in [1.29, 1.82) is 0 Å². The summed E-state index contributed by atoms with van der Waals surface area (Å²) in [5.41, 5.74) is 6.27. The first kappa shape index (κ1) is 15.0. The predicted molar refractivity (Wildman–Crippen MR) is 78.1 cm³/mol. The fraction of sp³-hybridized carbons (Fsp3) is 0.333. The van der Waals surface area contributed by atoms with Gasteiger partial charge in [0.25, 0.3) is 0 Å². The molecule has 1 aromatic carbocycles. The normalized spacial score (nSPS) is 13.8. The van der Waals surface area contributed by atoms with E-state index in [-0.39, 0.29) is 0 Å². The summed E-state index contributed by atoms with van der Waals surface area (Å²) >= 11 is 3.28. The SMILES string of the molecule is CC(C)(C)[S@@](=O)/N=C/c1cc(Br)cc(C(N)=O)c1. The number of primary amides is 1. The molecule has 0 aromatic heterocycles. The van der Waals surface area contributed by atoms with Crippen LogP contribution in [0.4, 0.5) is 0 Å². The minimum atomic E-state index is -1.32. The Balaban J connectivity index is 3.02. The fourth-order valence-corrected chi connectivity index (χ4v) is 2.14. The van der Waals surface area contributed by atoms with E-state index in [1.54, 1.807) is 18.2 Å². The van der Waals surface area contributed by atoms with Gasteiger partial charge < -0.3 is 5.73 Å². The van der Waals surface area contributed by atoms with Gasteiger partial charge in [0.1, 0.15) is 11.0 Å². The summed E-state index contributed by atoms with van der Waals surface area (Å²) in [6.07, 6.45) is 1.48. The van der Waals surface area contributed by atoms with Crippen molar-refractivity contribution in [2.24, 2.45) is 10.1 Å². The van der Waals surface area contributed by atoms with E-state index < -0.39 is 21.6 Å². The monoisotopic (exact) mass is 330 g/mol. The molecule has 0 radical (unpaired) electrons. The molecule has 0 heterocycles. The Labute approximate surface area is 117 Å². The van der Waals surface area contributed by atoms with E-state index in [1.165, 1.54) is 6.21 Å². The van der Waals surface area contributed by atoms with Crippen molar-refractivity contribution in [2.75, 3.05) is 0 Å². The third-order valence-electron chi connectivity index (χ3n) is 2.03. The van der Waals surface area contributed by atoms with Gasteiger partial charge in [-0.2, -0.15) is 4.40 Å². The van der Waals surface area contributed by atoms with Crippen molar-refractivity contribution >= 4 is 39.0 Å². The molecule has 18 heavy (non-hydrogen) atoms. The van der Waals surface area contributed by atoms with Gasteiger partial charge in [0, 0.05) is 16.3 Å². The van der Waals surface area contributed by atoms with Gasteiger partial charge in [-0.15, -0.1) is 0 Å². The zero-order valence-electron chi connectivity index (χ0n) is 10.4. The predicted octanol–water partition coefficient (Wildman–Crippen LogP) is 2.43. The molecule has 1 amide bonds. The minimum absolute atomic E-state index is 0.382. The Morgan fingerprint density at radius 2 is 2.00 bits per heavy atom. The second kappa shape index (κ2) is 5.75. The van der Waals surface area contributed by atoms with Crippen LogP contribution in [-0.4, -0.2) is 21.1 Å². The van der Waals surface area contributed by atoms with Crippen LogP contribution in [0, 0.1) is 0 Å². The summed E-state index contributed by atoms with van der Waals surface area (Å²) < 4.78 is 16.0. The van der Waals surface area contributed by atoms with Crippen LogP contribution in [0.15, 0.2) is 27.1 Å². The highest BCUT2D eigenvalue weighted by Crippen LogP contribution is 2.16. The molecule has 0 aliphatic rings. The van der Waals surface area contributed by atoms with Gasteiger partial charge in [-0.25, -0.2) is 4.21 Å². The van der Waals surface area contributed by atoms with E-state index in [0.29, 0.717) is 11.1 Å². The third-order valence-corrected chi connectivity index (χ3v) is 3.83. The number of hydrogen-bond donors (Lipinski definition) is 1. The molecule has 4 nitrogen and oxygen atoms in total. The number of hydrogen-bond acceptors (Lipinski definition) is 2. The first-order valence-electron chi connectivity index (χ1n) is 5.26. The van der Waals surface area contributed by atoms with Crippen LogP contribution in [0.3, 0.4) is 0 Å². The standard InChI is InChI=1S/C12H15BrN2O2S/c1-12(2,3)18(17)15-7-8-4-9(11(14)16)6-10(13)5-8/h4-7H,1-3H3,(H2,14,16)/b15-7+/t18-/m1/s1. The maximum Gasteiger partial charge on any atom is 0.248 e. The van der Waals surface area contributed by atoms with E-state index in [1.807, 2.05) is 20.8 Å². The molecule has 2 N–H and O–H groups in total. The van der Waals surface area contributed by atoms with Crippen LogP contribution in [0.25, 0.3) is 0 Å². The van der Waals surface area contributed by atoms with Crippen molar-refractivity contribution < 1.29 is 9.00 Å². The lowest BCUT2D eigenvalue weighted by Gasteiger charge is -2.12. The lowest BCUT2D eigenvalue weighted by molar-refractivity contribution is 0.1000. The quantitative estimate of drug-likeness (QED) is 0.864. The topological polar surface area (TPSA) is 72.5 Å². The summed E-state index contributed by atoms with van der Waals surface area (Å²) in [6.45, 7) is 5.53. The largest absolute Gasteiger partial charge is 0.366 e. The zero-order valence-corrected chi connectivity index (χ0v) is 12.8. The van der Waals surface area contributed by atoms with Gasteiger partial charge in [0.05, 0.1) is 4.75 Å². The fourth-order valence-electron chi connectivity index (χ4n) is 1.10. The molecule has 1 aromatic rings. The van der Waals surface area contributed by atoms with Crippen LogP contribution in [-0.2, 0) is 11.0 Å². The van der Waals surface area contributed by atoms with Crippen LogP contribution >= 0.6 is 15.9 Å². The van der Waals surface area contributed by atoms with E-state index in [4.69, 9.17) is 5.73 Å². The minimum Gasteiger partial charge on any atom is -0.366 e. The highest BCUT2D eigenvalue weighted by atomic mass is 79.9. The highest BCUT2D eigenvalue weighted by molar-refractivity contribution is 9.10. The Hall–Kier alpha value is -1.01. The average Bonchev–Trinajstić information content (AvgIpc) is 2.23. The molecule has 0 aliphatic carbocycles. The molecule has 98 valence electrons. The van der Waals surface area contributed by atoms with Gasteiger partial charge in [-0.1, -0.05) is 15.9 Å². The van der Waals surface area contributed by atoms with E-state index >= 15 is 0 Å². The molecule has 0 aliphatic heterocycles. The van der Waals surface area contributed by atoms with Gasteiger partial charge in [0.2, 0.25) is 5.91 Å². The number of nitrogens with two attached hydrogens (primary N) is 1. The van der Waals surface area contributed by atoms with E-state index in [9.17, 15) is 9.00 Å². The van der Waals surface area contributed by atoms with Crippen molar-refractivity contribution in [3.8, 4) is 0 Å². The second-order valence-electron chi connectivity index (χ2n) is 4.73. The molecule has 1 rings (SSSR count). The van der Waals surface area contributed by atoms with Crippen molar-refractivity contribution in [3.63, 3.8) is 0 Å². The molecule has 1 atom stereocenters. The molecule has 0 saturated carbocycles. The molecule has 6 heteroatoms. The molecule has 0 bridgehead atoms. The summed E-state index contributed by atoms with van der Waals surface area (Å²) in [7, 11) is -1.32. The molecule has 0 spiro atoms. The molecular formula is C12H15BrN2O2S. The zero-order chi connectivity index (χ0) is 13.9. The average molecular weight is 331 g/mol. The first-order valence-corrected chi connectivity index (χ1v) is 7.16. The number of halogens is 1. The maximum absolute atomic E-state index is 11.8. The summed E-state index contributed by atoms with van der Waals surface area (Å²) in [4.78, 5) is 11.1. The van der Waals surface area contributed by atoms with Crippen molar-refractivity contribution in [3.05, 3.63) is 33.8 Å². The van der Waals surface area contributed by atoms with Gasteiger partial charge >= 0.3 is 0 Å². The number of carbonyl (C=O) groups is 1. The Morgan fingerprint density at radius 3 is 2.50 bits per heavy atom. The Kier molecular flexibility index (Phi) is 4.81. The maximum atomic E-state index is 11.8. The second-order valence-corrected chi connectivity index (χ2v) is 7.58. The molecule has 0 unspecified atom stereocenters. The van der Waals surface area contributed by atoms with E-state index in [0.717, 1.165) is 4.47 Å². The number of rotatable bonds is 3. The van der Waals surface area contributed by atoms with Gasteiger partial charge in [0.15, 0.2) is 0 Å². The number of amides is 1. The van der Waals surface area contributed by atoms with Crippen molar-refractivity contribution in [1.82, 2.24) is 0 Å². The van der Waals surface area contributed by atoms with Crippen LogP contribution < -0.4 is 5.73 Å². The Bertz CT molecular complexity index is 521. The Morgan fingerprint density at radius 1 is 1.39 bits per heavy atom. The summed E-state index contributed by atoms with van der Waals surface area (Å²) in [5.74, 6) is -0.511. The molecular weight excluding hydrogens is 316 g/mol. The highest BCUT2D eigenvalue weighted by Gasteiger charge is 2.18.